The highest BCUT2D eigenvalue weighted by molar-refractivity contribution is 5.74. The summed E-state index contributed by atoms with van der Waals surface area (Å²) >= 11 is 0. The molecule has 27 heavy (non-hydrogen) atoms. The van der Waals surface area contributed by atoms with E-state index in [4.69, 9.17) is 4.42 Å². The second kappa shape index (κ2) is 7.38. The lowest BCUT2D eigenvalue weighted by molar-refractivity contribution is 0.0341. The second-order valence-electron chi connectivity index (χ2n) is 8.15. The highest BCUT2D eigenvalue weighted by Crippen LogP contribution is 2.48. The summed E-state index contributed by atoms with van der Waals surface area (Å²) in [6.45, 7) is 7.78. The number of fused-ring (bicyclic) bond motifs is 1. The standard InChI is InChI=1S/C20H29N5O2/c1-15(2)22-19(26)23-17-18-21-8-12-25(18)11-7-20(17)5-9-24(10-6-20)14-16-4-3-13-27-16/h3-4,8,12-13,15,17H,5-7,9-11,14H2,1-2H3,(H2,22,23,26)/t17-/m0/s1. The van der Waals surface area contributed by atoms with Crippen molar-refractivity contribution in [2.75, 3.05) is 13.1 Å². The van der Waals surface area contributed by atoms with Crippen molar-refractivity contribution in [3.8, 4) is 0 Å². The van der Waals surface area contributed by atoms with Crippen molar-refractivity contribution < 1.29 is 9.21 Å². The van der Waals surface area contributed by atoms with Crippen molar-refractivity contribution in [1.29, 1.82) is 0 Å². The smallest absolute Gasteiger partial charge is 0.315 e. The molecule has 0 unspecified atom stereocenters. The zero-order valence-electron chi connectivity index (χ0n) is 16.1. The van der Waals surface area contributed by atoms with Gasteiger partial charge in [-0.05, 0) is 58.3 Å². The van der Waals surface area contributed by atoms with Gasteiger partial charge in [0.25, 0.3) is 0 Å². The molecule has 1 saturated heterocycles. The summed E-state index contributed by atoms with van der Waals surface area (Å²) in [6.07, 6.45) is 8.76. The van der Waals surface area contributed by atoms with Gasteiger partial charge in [0.05, 0.1) is 18.8 Å². The van der Waals surface area contributed by atoms with Gasteiger partial charge in [0, 0.05) is 30.4 Å². The molecule has 2 aliphatic heterocycles. The third-order valence-corrected chi connectivity index (χ3v) is 5.98. The van der Waals surface area contributed by atoms with Gasteiger partial charge in [-0.1, -0.05) is 0 Å². The summed E-state index contributed by atoms with van der Waals surface area (Å²) in [5.41, 5.74) is 0.0648. The molecule has 1 fully saturated rings. The Bertz CT molecular complexity index is 759. The molecule has 0 aromatic carbocycles. The summed E-state index contributed by atoms with van der Waals surface area (Å²) in [5.74, 6) is 2.00. The van der Waals surface area contributed by atoms with E-state index in [1.165, 1.54) is 0 Å². The third-order valence-electron chi connectivity index (χ3n) is 5.98. The molecule has 7 nitrogen and oxygen atoms in total. The molecule has 1 atom stereocenters. The number of piperidine rings is 1. The number of furan rings is 1. The number of amides is 2. The van der Waals surface area contributed by atoms with Gasteiger partial charge in [-0.15, -0.1) is 0 Å². The number of rotatable bonds is 4. The topological polar surface area (TPSA) is 75.3 Å². The van der Waals surface area contributed by atoms with Crippen LogP contribution in [0.2, 0.25) is 0 Å². The number of carbonyl (C=O) groups is 1. The first-order valence-electron chi connectivity index (χ1n) is 9.88. The van der Waals surface area contributed by atoms with E-state index in [2.05, 4.69) is 25.1 Å². The van der Waals surface area contributed by atoms with Crippen molar-refractivity contribution >= 4 is 6.03 Å². The first-order valence-corrected chi connectivity index (χ1v) is 9.88. The molecule has 1 spiro atoms. The first-order chi connectivity index (χ1) is 13.1. The summed E-state index contributed by atoms with van der Waals surface area (Å²) in [6, 6.07) is 3.92. The van der Waals surface area contributed by atoms with E-state index in [-0.39, 0.29) is 23.5 Å². The van der Waals surface area contributed by atoms with E-state index in [9.17, 15) is 4.79 Å². The quantitative estimate of drug-likeness (QED) is 0.867. The number of nitrogens with one attached hydrogen (secondary N) is 2. The Kier molecular flexibility index (Phi) is 4.95. The number of aryl methyl sites for hydroxylation is 1. The number of likely N-dealkylation sites (tertiary alicyclic amines) is 1. The van der Waals surface area contributed by atoms with Crippen LogP contribution in [0.4, 0.5) is 4.79 Å². The molecular formula is C20H29N5O2. The minimum atomic E-state index is -0.108. The zero-order valence-corrected chi connectivity index (χ0v) is 16.1. The van der Waals surface area contributed by atoms with Crippen LogP contribution in [0, 0.1) is 5.41 Å². The Balaban J connectivity index is 1.49. The predicted octanol–water partition coefficient (Wildman–Crippen LogP) is 2.91. The molecule has 2 amide bonds. The van der Waals surface area contributed by atoms with Gasteiger partial charge in [-0.2, -0.15) is 0 Å². The van der Waals surface area contributed by atoms with Gasteiger partial charge in [0.1, 0.15) is 11.6 Å². The van der Waals surface area contributed by atoms with Crippen molar-refractivity contribution in [3.05, 3.63) is 42.4 Å². The number of aromatic nitrogens is 2. The van der Waals surface area contributed by atoms with E-state index in [0.717, 1.165) is 57.0 Å². The van der Waals surface area contributed by atoms with Crippen molar-refractivity contribution in [3.63, 3.8) is 0 Å². The Morgan fingerprint density at radius 2 is 2.11 bits per heavy atom. The van der Waals surface area contributed by atoms with Gasteiger partial charge >= 0.3 is 6.03 Å². The lowest BCUT2D eigenvalue weighted by atomic mass is 9.68. The van der Waals surface area contributed by atoms with Crippen LogP contribution >= 0.6 is 0 Å². The monoisotopic (exact) mass is 371 g/mol. The Morgan fingerprint density at radius 1 is 1.33 bits per heavy atom. The number of urea groups is 1. The largest absolute Gasteiger partial charge is 0.468 e. The highest BCUT2D eigenvalue weighted by Gasteiger charge is 2.47. The van der Waals surface area contributed by atoms with E-state index in [1.54, 1.807) is 6.26 Å². The summed E-state index contributed by atoms with van der Waals surface area (Å²) < 4.78 is 7.68. The van der Waals surface area contributed by atoms with Gasteiger partial charge in [-0.3, -0.25) is 4.90 Å². The number of imidazole rings is 1. The van der Waals surface area contributed by atoms with E-state index >= 15 is 0 Å². The summed E-state index contributed by atoms with van der Waals surface area (Å²) in [7, 11) is 0. The normalized spacial score (nSPS) is 22.0. The lowest BCUT2D eigenvalue weighted by Gasteiger charge is -2.48. The van der Waals surface area contributed by atoms with Crippen LogP contribution in [-0.2, 0) is 13.1 Å². The fourth-order valence-electron chi connectivity index (χ4n) is 4.50. The average molecular weight is 371 g/mol. The maximum atomic E-state index is 12.5. The number of hydrogen-bond acceptors (Lipinski definition) is 4. The molecule has 146 valence electrons. The molecule has 2 aliphatic rings. The molecular weight excluding hydrogens is 342 g/mol. The van der Waals surface area contributed by atoms with Crippen LogP contribution in [0.3, 0.4) is 0 Å². The fraction of sp³-hybridized carbons (Fsp3) is 0.600. The second-order valence-corrected chi connectivity index (χ2v) is 8.15. The lowest BCUT2D eigenvalue weighted by Crippen LogP contribution is -2.53. The van der Waals surface area contributed by atoms with Crippen LogP contribution in [0.25, 0.3) is 0 Å². The first kappa shape index (κ1) is 18.1. The Hall–Kier alpha value is -2.28. The zero-order chi connectivity index (χ0) is 18.9. The van der Waals surface area contributed by atoms with E-state index < -0.39 is 0 Å². The number of carbonyl (C=O) groups excluding carboxylic acids is 1. The maximum absolute atomic E-state index is 12.5. The van der Waals surface area contributed by atoms with Gasteiger partial charge in [0.2, 0.25) is 0 Å². The molecule has 0 saturated carbocycles. The maximum Gasteiger partial charge on any atom is 0.315 e. The van der Waals surface area contributed by atoms with Crippen LogP contribution in [0.1, 0.15) is 50.7 Å². The van der Waals surface area contributed by atoms with Crippen LogP contribution < -0.4 is 10.6 Å². The van der Waals surface area contributed by atoms with E-state index in [0.29, 0.717) is 0 Å². The fourth-order valence-corrected chi connectivity index (χ4v) is 4.50. The number of nitrogens with zero attached hydrogens (tertiary/aromatic N) is 3. The molecule has 2 aromatic heterocycles. The minimum Gasteiger partial charge on any atom is -0.468 e. The molecule has 7 heteroatoms. The Morgan fingerprint density at radius 3 is 2.81 bits per heavy atom. The molecule has 4 heterocycles. The van der Waals surface area contributed by atoms with Gasteiger partial charge < -0.3 is 19.6 Å². The third kappa shape index (κ3) is 3.74. The van der Waals surface area contributed by atoms with Crippen molar-refractivity contribution in [1.82, 2.24) is 25.1 Å². The average Bonchev–Trinajstić information content (AvgIpc) is 3.30. The molecule has 4 rings (SSSR count). The predicted molar refractivity (Wildman–Crippen MR) is 102 cm³/mol. The molecule has 0 bridgehead atoms. The summed E-state index contributed by atoms with van der Waals surface area (Å²) in [4.78, 5) is 19.5. The van der Waals surface area contributed by atoms with Crippen LogP contribution in [0.5, 0.6) is 0 Å². The van der Waals surface area contributed by atoms with Gasteiger partial charge in [-0.25, -0.2) is 9.78 Å². The van der Waals surface area contributed by atoms with Crippen LogP contribution in [-0.4, -0.2) is 39.6 Å². The minimum absolute atomic E-state index is 0.0502. The van der Waals surface area contributed by atoms with Crippen molar-refractivity contribution in [2.24, 2.45) is 5.41 Å². The van der Waals surface area contributed by atoms with Crippen LogP contribution in [0.15, 0.2) is 35.2 Å². The Labute approximate surface area is 160 Å². The molecule has 2 aromatic rings. The highest BCUT2D eigenvalue weighted by atomic mass is 16.3. The van der Waals surface area contributed by atoms with Crippen molar-refractivity contribution in [2.45, 2.75) is 58.3 Å². The summed E-state index contributed by atoms with van der Waals surface area (Å²) in [5, 5.41) is 6.21. The molecule has 0 aliphatic carbocycles. The van der Waals surface area contributed by atoms with Gasteiger partial charge in [0.15, 0.2) is 0 Å². The molecule has 2 N–H and O–H groups in total. The number of hydrogen-bond donors (Lipinski definition) is 2. The molecule has 0 radical (unpaired) electrons. The SMILES string of the molecule is CC(C)NC(=O)N[C@H]1c2nccn2CCC12CCN(Cc1ccco1)CC2. The van der Waals surface area contributed by atoms with E-state index in [1.807, 2.05) is 38.4 Å².